The number of hydrogen-bond acceptors (Lipinski definition) is 5. The quantitative estimate of drug-likeness (QED) is 0.297. The zero-order valence-corrected chi connectivity index (χ0v) is 19.4. The summed E-state index contributed by atoms with van der Waals surface area (Å²) in [6, 6.07) is 19.5. The van der Waals surface area contributed by atoms with Crippen molar-refractivity contribution in [2.75, 3.05) is 7.11 Å². The van der Waals surface area contributed by atoms with Gasteiger partial charge < -0.3 is 19.8 Å². The number of aliphatic hydroxyl groups excluding tert-OH is 1. The Labute approximate surface area is 202 Å². The van der Waals surface area contributed by atoms with Crippen molar-refractivity contribution in [3.05, 3.63) is 106 Å². The Kier molecular flexibility index (Phi) is 6.68. The number of likely N-dealkylation sites (tertiary alicyclic amines) is 1. The molecule has 7 nitrogen and oxygen atoms in total. The van der Waals surface area contributed by atoms with E-state index in [9.17, 15) is 19.5 Å². The highest BCUT2D eigenvalue weighted by Crippen LogP contribution is 2.40. The van der Waals surface area contributed by atoms with Crippen LogP contribution in [0.25, 0.3) is 5.76 Å². The first-order valence-electron chi connectivity index (χ1n) is 11.2. The lowest BCUT2D eigenvalue weighted by atomic mass is 9.94. The van der Waals surface area contributed by atoms with Gasteiger partial charge in [0.15, 0.2) is 0 Å². The van der Waals surface area contributed by atoms with Gasteiger partial charge in [0.2, 0.25) is 0 Å². The SMILES string of the molecule is CCc1ccc(C2C(=C(O)c3ccc(OC)cc3)C(=O)C(=O)N2Cc2ccc(C(=O)O)cc2)cc1. The lowest BCUT2D eigenvalue weighted by Gasteiger charge is -2.25. The second-order valence-electron chi connectivity index (χ2n) is 8.25. The molecular weight excluding hydrogens is 446 g/mol. The van der Waals surface area contributed by atoms with Gasteiger partial charge in [-0.2, -0.15) is 0 Å². The molecule has 0 aromatic heterocycles. The maximum Gasteiger partial charge on any atom is 0.335 e. The molecule has 0 saturated carbocycles. The Morgan fingerprint density at radius 3 is 1.97 bits per heavy atom. The van der Waals surface area contributed by atoms with Gasteiger partial charge in [-0.3, -0.25) is 9.59 Å². The number of Topliss-reactive ketones (excluding diaryl/α,β-unsaturated/α-hetero) is 1. The highest BCUT2D eigenvalue weighted by Gasteiger charge is 2.46. The maximum absolute atomic E-state index is 13.2. The molecule has 1 amide bonds. The van der Waals surface area contributed by atoms with E-state index >= 15 is 0 Å². The molecule has 178 valence electrons. The van der Waals surface area contributed by atoms with Crippen molar-refractivity contribution in [2.24, 2.45) is 0 Å². The third-order valence-electron chi connectivity index (χ3n) is 6.16. The van der Waals surface area contributed by atoms with E-state index in [1.807, 2.05) is 31.2 Å². The molecule has 1 saturated heterocycles. The second kappa shape index (κ2) is 9.85. The topological polar surface area (TPSA) is 104 Å². The number of ether oxygens (including phenoxy) is 1. The van der Waals surface area contributed by atoms with Crippen molar-refractivity contribution in [3.63, 3.8) is 0 Å². The van der Waals surface area contributed by atoms with E-state index < -0.39 is 23.7 Å². The Balaban J connectivity index is 1.80. The molecule has 0 spiro atoms. The number of carboxylic acid groups (broad SMARTS) is 1. The second-order valence-corrected chi connectivity index (χ2v) is 8.25. The van der Waals surface area contributed by atoms with E-state index in [1.165, 1.54) is 24.1 Å². The minimum atomic E-state index is -1.05. The van der Waals surface area contributed by atoms with Gasteiger partial charge in [-0.15, -0.1) is 0 Å². The van der Waals surface area contributed by atoms with Crippen molar-refractivity contribution in [2.45, 2.75) is 25.9 Å². The third-order valence-corrected chi connectivity index (χ3v) is 6.16. The van der Waals surface area contributed by atoms with Crippen molar-refractivity contribution in [3.8, 4) is 5.75 Å². The van der Waals surface area contributed by atoms with Crippen LogP contribution in [0.2, 0.25) is 0 Å². The number of hydrogen-bond donors (Lipinski definition) is 2. The molecule has 35 heavy (non-hydrogen) atoms. The minimum Gasteiger partial charge on any atom is -0.507 e. The molecule has 1 unspecified atom stereocenters. The number of aliphatic hydroxyl groups is 1. The molecule has 1 heterocycles. The fourth-order valence-corrected chi connectivity index (χ4v) is 4.18. The molecule has 1 aliphatic heterocycles. The number of carbonyl (C=O) groups is 3. The van der Waals surface area contributed by atoms with Gasteiger partial charge in [0.05, 0.1) is 24.3 Å². The highest BCUT2D eigenvalue weighted by molar-refractivity contribution is 6.46. The minimum absolute atomic E-state index is 0.00608. The van der Waals surface area contributed by atoms with Crippen molar-refractivity contribution in [1.29, 1.82) is 0 Å². The number of methoxy groups -OCH3 is 1. The number of ketones is 1. The molecule has 1 fully saturated rings. The molecule has 0 radical (unpaired) electrons. The summed E-state index contributed by atoms with van der Waals surface area (Å²) in [4.78, 5) is 38.9. The van der Waals surface area contributed by atoms with Crippen LogP contribution >= 0.6 is 0 Å². The molecule has 0 bridgehead atoms. The summed E-state index contributed by atoms with van der Waals surface area (Å²) >= 11 is 0. The first-order chi connectivity index (χ1) is 16.8. The van der Waals surface area contributed by atoms with Gasteiger partial charge in [0.1, 0.15) is 11.5 Å². The summed E-state index contributed by atoms with van der Waals surface area (Å²) in [5.41, 5.74) is 2.98. The summed E-state index contributed by atoms with van der Waals surface area (Å²) in [7, 11) is 1.53. The zero-order valence-electron chi connectivity index (χ0n) is 19.4. The van der Waals surface area contributed by atoms with Crippen LogP contribution in [-0.2, 0) is 22.6 Å². The van der Waals surface area contributed by atoms with Gasteiger partial charge in [0, 0.05) is 12.1 Å². The van der Waals surface area contributed by atoms with E-state index in [-0.39, 0.29) is 23.4 Å². The number of aromatic carboxylic acids is 1. The van der Waals surface area contributed by atoms with Crippen LogP contribution in [0.15, 0.2) is 78.4 Å². The average Bonchev–Trinajstić information content (AvgIpc) is 3.13. The molecular formula is C28H25NO6. The van der Waals surface area contributed by atoms with E-state index in [0.717, 1.165) is 12.0 Å². The number of rotatable bonds is 7. The molecule has 4 rings (SSSR count). The lowest BCUT2D eigenvalue weighted by Crippen LogP contribution is -2.29. The molecule has 3 aromatic rings. The Morgan fingerprint density at radius 1 is 0.857 bits per heavy atom. The van der Waals surface area contributed by atoms with Gasteiger partial charge in [0.25, 0.3) is 11.7 Å². The summed E-state index contributed by atoms with van der Waals surface area (Å²) in [5, 5.41) is 20.3. The highest BCUT2D eigenvalue weighted by atomic mass is 16.5. The Hall–Kier alpha value is -4.39. The smallest absolute Gasteiger partial charge is 0.335 e. The number of nitrogens with zero attached hydrogens (tertiary/aromatic N) is 1. The van der Waals surface area contributed by atoms with Gasteiger partial charge in [-0.1, -0.05) is 43.3 Å². The Morgan fingerprint density at radius 2 is 1.43 bits per heavy atom. The standard InChI is InChI=1S/C28H25NO6/c1-3-17-4-8-19(9-5-17)24-23(25(30)20-12-14-22(35-2)15-13-20)26(31)27(32)29(24)16-18-6-10-21(11-7-18)28(33)34/h4-15,24,30H,3,16H2,1-2H3,(H,33,34). The van der Waals surface area contributed by atoms with Crippen LogP contribution in [0.3, 0.4) is 0 Å². The van der Waals surface area contributed by atoms with Gasteiger partial charge in [-0.05, 0) is 59.5 Å². The fourth-order valence-electron chi connectivity index (χ4n) is 4.18. The van der Waals surface area contributed by atoms with E-state index in [1.54, 1.807) is 36.4 Å². The van der Waals surface area contributed by atoms with E-state index in [4.69, 9.17) is 9.84 Å². The summed E-state index contributed by atoms with van der Waals surface area (Å²) in [6.45, 7) is 2.11. The zero-order chi connectivity index (χ0) is 25.1. The number of carboxylic acids is 1. The van der Waals surface area contributed by atoms with Crippen LogP contribution < -0.4 is 4.74 Å². The van der Waals surface area contributed by atoms with E-state index in [2.05, 4.69) is 0 Å². The van der Waals surface area contributed by atoms with Gasteiger partial charge in [-0.25, -0.2) is 4.79 Å². The summed E-state index contributed by atoms with van der Waals surface area (Å²) in [6.07, 6.45) is 0.836. The largest absolute Gasteiger partial charge is 0.507 e. The third kappa shape index (κ3) is 4.66. The van der Waals surface area contributed by atoms with Crippen molar-refractivity contribution in [1.82, 2.24) is 4.90 Å². The first-order valence-corrected chi connectivity index (χ1v) is 11.2. The Bertz CT molecular complexity index is 1290. The summed E-state index contributed by atoms with van der Waals surface area (Å²) in [5.74, 6) is -2.22. The predicted octanol–water partition coefficient (Wildman–Crippen LogP) is 4.58. The van der Waals surface area contributed by atoms with Crippen molar-refractivity contribution >= 4 is 23.4 Å². The monoisotopic (exact) mass is 471 g/mol. The van der Waals surface area contributed by atoms with Crippen LogP contribution in [0, 0.1) is 0 Å². The normalized spacial score (nSPS) is 17.0. The maximum atomic E-state index is 13.2. The fraction of sp³-hybridized carbons (Fsp3) is 0.179. The van der Waals surface area contributed by atoms with Crippen LogP contribution in [0.1, 0.15) is 45.6 Å². The number of amides is 1. The average molecular weight is 472 g/mol. The lowest BCUT2D eigenvalue weighted by molar-refractivity contribution is -0.140. The molecule has 3 aromatic carbocycles. The molecule has 7 heteroatoms. The number of carbonyl (C=O) groups excluding carboxylic acids is 2. The van der Waals surface area contributed by atoms with Crippen LogP contribution in [0.5, 0.6) is 5.75 Å². The number of aryl methyl sites for hydroxylation is 1. The van der Waals surface area contributed by atoms with Crippen LogP contribution in [-0.4, -0.2) is 39.9 Å². The summed E-state index contributed by atoms with van der Waals surface area (Å²) < 4.78 is 5.17. The first kappa shape index (κ1) is 23.8. The molecule has 2 N–H and O–H groups in total. The van der Waals surface area contributed by atoms with Crippen LogP contribution in [0.4, 0.5) is 0 Å². The molecule has 1 aliphatic rings. The van der Waals surface area contributed by atoms with E-state index in [0.29, 0.717) is 22.4 Å². The van der Waals surface area contributed by atoms with Crippen molar-refractivity contribution < 1.29 is 29.3 Å². The van der Waals surface area contributed by atoms with Gasteiger partial charge >= 0.3 is 5.97 Å². The predicted molar refractivity (Wildman–Crippen MR) is 130 cm³/mol. The molecule has 1 atom stereocenters. The number of benzene rings is 3. The molecule has 0 aliphatic carbocycles.